The zero-order valence-corrected chi connectivity index (χ0v) is 25.6. The average molecular weight is 600 g/mol. The molecule has 0 radical (unpaired) electrons. The minimum atomic E-state index is -3.92. The molecular formula is C26H39BrN4O5S. The van der Waals surface area contributed by atoms with Gasteiger partial charge in [-0.05, 0) is 74.7 Å². The lowest BCUT2D eigenvalue weighted by Crippen LogP contribution is -2.40. The summed E-state index contributed by atoms with van der Waals surface area (Å²) in [5, 5.41) is 10.2. The van der Waals surface area contributed by atoms with Crippen molar-refractivity contribution >= 4 is 43.5 Å². The van der Waals surface area contributed by atoms with Gasteiger partial charge in [0.1, 0.15) is 10.5 Å². The fourth-order valence-corrected chi connectivity index (χ4v) is 6.02. The first-order chi connectivity index (χ1) is 16.9. The first kappa shape index (κ1) is 30.8. The summed E-state index contributed by atoms with van der Waals surface area (Å²) in [6.45, 7) is 16.6. The predicted octanol–water partition coefficient (Wildman–Crippen LogP) is 5.50. The van der Waals surface area contributed by atoms with Crippen LogP contribution in [0.5, 0.6) is 0 Å². The summed E-state index contributed by atoms with van der Waals surface area (Å²) >= 11 is 3.41. The van der Waals surface area contributed by atoms with Gasteiger partial charge in [-0.3, -0.25) is 9.48 Å². The number of nitrogens with one attached hydrogen (secondary N) is 2. The Hall–Kier alpha value is -2.40. The van der Waals surface area contributed by atoms with E-state index in [1.54, 1.807) is 52.3 Å². The quantitative estimate of drug-likeness (QED) is 0.414. The number of aryl methyl sites for hydroxylation is 1. The summed E-state index contributed by atoms with van der Waals surface area (Å²) in [7, 11) is -3.92. The lowest BCUT2D eigenvalue weighted by atomic mass is 9.95. The Balaban J connectivity index is 2.41. The zero-order valence-electron chi connectivity index (χ0n) is 23.2. The largest absolute Gasteiger partial charge is 0.444 e. The number of anilines is 1. The molecule has 9 nitrogen and oxygen atoms in total. The summed E-state index contributed by atoms with van der Waals surface area (Å²) in [5.41, 5.74) is 0.293. The standard InChI is InChI=1S/C26H39BrN4O5S/c1-10-19-22(21(11-2)31(30-19)15-16(3)28-24(33)36-26(7,8)9)37(34,35)17-12-13-20(18(27)14-17)29-23(32)25(4,5)6/h12-14,16H,10-11,15H2,1-9H3,(H,28,33)(H,29,32)/t16-/m0/s1. The number of ether oxygens (including phenoxy) is 1. The number of sulfone groups is 1. The smallest absolute Gasteiger partial charge is 0.407 e. The van der Waals surface area contributed by atoms with Crippen LogP contribution in [-0.4, -0.2) is 41.8 Å². The van der Waals surface area contributed by atoms with Gasteiger partial charge in [-0.2, -0.15) is 5.10 Å². The lowest BCUT2D eigenvalue weighted by molar-refractivity contribution is -0.123. The number of aromatic nitrogens is 2. The van der Waals surface area contributed by atoms with Crippen molar-refractivity contribution in [3.05, 3.63) is 34.1 Å². The van der Waals surface area contributed by atoms with Crippen molar-refractivity contribution in [2.24, 2.45) is 5.41 Å². The van der Waals surface area contributed by atoms with Crippen LogP contribution in [0, 0.1) is 5.41 Å². The van der Waals surface area contributed by atoms with Gasteiger partial charge >= 0.3 is 6.09 Å². The van der Waals surface area contributed by atoms with Gasteiger partial charge in [-0.25, -0.2) is 13.2 Å². The molecule has 0 aliphatic heterocycles. The van der Waals surface area contributed by atoms with E-state index >= 15 is 0 Å². The van der Waals surface area contributed by atoms with Crippen molar-refractivity contribution in [3.8, 4) is 0 Å². The van der Waals surface area contributed by atoms with E-state index in [0.717, 1.165) is 0 Å². The fraction of sp³-hybridized carbons (Fsp3) is 0.577. The van der Waals surface area contributed by atoms with E-state index in [-0.39, 0.29) is 28.3 Å². The molecule has 1 atom stereocenters. The van der Waals surface area contributed by atoms with Crippen molar-refractivity contribution in [1.29, 1.82) is 0 Å². The Morgan fingerprint density at radius 2 is 1.73 bits per heavy atom. The zero-order chi connectivity index (χ0) is 28.3. The van der Waals surface area contributed by atoms with E-state index in [0.29, 0.717) is 34.4 Å². The van der Waals surface area contributed by atoms with E-state index in [4.69, 9.17) is 4.74 Å². The molecule has 0 fully saturated rings. The van der Waals surface area contributed by atoms with Gasteiger partial charge in [-0.15, -0.1) is 0 Å². The second-order valence-corrected chi connectivity index (χ2v) is 13.7. The van der Waals surface area contributed by atoms with Crippen LogP contribution in [0.25, 0.3) is 0 Å². The number of benzene rings is 1. The van der Waals surface area contributed by atoms with Crippen LogP contribution in [0.2, 0.25) is 0 Å². The third-order valence-electron chi connectivity index (χ3n) is 5.41. The van der Waals surface area contributed by atoms with Crippen molar-refractivity contribution in [2.75, 3.05) is 5.32 Å². The van der Waals surface area contributed by atoms with Crippen LogP contribution in [0.4, 0.5) is 10.5 Å². The van der Waals surface area contributed by atoms with E-state index in [1.807, 2.05) is 20.8 Å². The number of hydrogen-bond donors (Lipinski definition) is 2. The third kappa shape index (κ3) is 7.80. The molecule has 0 saturated carbocycles. The maximum atomic E-state index is 13.8. The summed E-state index contributed by atoms with van der Waals surface area (Å²) < 4.78 is 35.1. The van der Waals surface area contributed by atoms with Crippen LogP contribution in [0.1, 0.15) is 73.7 Å². The molecule has 0 aliphatic carbocycles. The van der Waals surface area contributed by atoms with Gasteiger partial charge in [0.25, 0.3) is 0 Å². The molecule has 0 bridgehead atoms. The van der Waals surface area contributed by atoms with E-state index < -0.39 is 26.9 Å². The number of carbonyl (C=O) groups is 2. The first-order valence-corrected chi connectivity index (χ1v) is 14.6. The van der Waals surface area contributed by atoms with Crippen molar-refractivity contribution in [3.63, 3.8) is 0 Å². The molecule has 1 heterocycles. The topological polar surface area (TPSA) is 119 Å². The van der Waals surface area contributed by atoms with Crippen LogP contribution in [-0.2, 0) is 38.8 Å². The van der Waals surface area contributed by atoms with Gasteiger partial charge in [0, 0.05) is 15.9 Å². The molecule has 1 aromatic carbocycles. The Kier molecular flexibility index (Phi) is 9.62. The summed E-state index contributed by atoms with van der Waals surface area (Å²) in [6, 6.07) is 4.22. The second kappa shape index (κ2) is 11.6. The number of halogens is 1. The minimum absolute atomic E-state index is 0.0945. The summed E-state index contributed by atoms with van der Waals surface area (Å²) in [6.07, 6.45) is 0.308. The summed E-state index contributed by atoms with van der Waals surface area (Å²) in [5.74, 6) is -0.180. The molecule has 2 rings (SSSR count). The number of amides is 2. The molecule has 2 amide bonds. The Labute approximate surface area is 228 Å². The predicted molar refractivity (Wildman–Crippen MR) is 147 cm³/mol. The molecule has 0 aliphatic rings. The molecule has 0 saturated heterocycles. The van der Waals surface area contributed by atoms with Gasteiger partial charge in [0.05, 0.1) is 28.5 Å². The molecule has 37 heavy (non-hydrogen) atoms. The maximum absolute atomic E-state index is 13.8. The van der Waals surface area contributed by atoms with Gasteiger partial charge < -0.3 is 15.4 Å². The molecule has 2 N–H and O–H groups in total. The molecule has 0 spiro atoms. The highest BCUT2D eigenvalue weighted by molar-refractivity contribution is 9.10. The second-order valence-electron chi connectivity index (χ2n) is 11.0. The highest BCUT2D eigenvalue weighted by Gasteiger charge is 2.30. The van der Waals surface area contributed by atoms with Crippen LogP contribution < -0.4 is 10.6 Å². The summed E-state index contributed by atoms with van der Waals surface area (Å²) in [4.78, 5) is 24.8. The Bertz CT molecular complexity index is 1260. The number of rotatable bonds is 8. The van der Waals surface area contributed by atoms with Crippen molar-refractivity contribution < 1.29 is 22.7 Å². The number of hydrogen-bond acceptors (Lipinski definition) is 6. The molecule has 0 unspecified atom stereocenters. The lowest BCUT2D eigenvalue weighted by Gasteiger charge is -2.22. The Morgan fingerprint density at radius 1 is 1.11 bits per heavy atom. The van der Waals surface area contributed by atoms with E-state index in [1.165, 1.54) is 12.1 Å². The highest BCUT2D eigenvalue weighted by Crippen LogP contribution is 2.33. The number of carbonyl (C=O) groups excluding carboxylic acids is 2. The Morgan fingerprint density at radius 3 is 2.22 bits per heavy atom. The first-order valence-electron chi connectivity index (χ1n) is 12.3. The van der Waals surface area contributed by atoms with Crippen molar-refractivity contribution in [1.82, 2.24) is 15.1 Å². The molecule has 11 heteroatoms. The maximum Gasteiger partial charge on any atom is 0.407 e. The van der Waals surface area contributed by atoms with Gasteiger partial charge in [0.2, 0.25) is 15.7 Å². The normalized spacial score (nSPS) is 13.2. The van der Waals surface area contributed by atoms with Crippen LogP contribution >= 0.6 is 15.9 Å². The van der Waals surface area contributed by atoms with Gasteiger partial charge in [0.15, 0.2) is 0 Å². The van der Waals surface area contributed by atoms with Crippen LogP contribution in [0.15, 0.2) is 32.5 Å². The number of alkyl carbamates (subject to hydrolysis) is 1. The monoisotopic (exact) mass is 598 g/mol. The van der Waals surface area contributed by atoms with Crippen molar-refractivity contribution in [2.45, 2.75) is 103 Å². The molecule has 206 valence electrons. The SMILES string of the molecule is CCc1nn(C[C@H](C)NC(=O)OC(C)(C)C)c(CC)c1S(=O)(=O)c1ccc(NC(=O)C(C)(C)C)c(Br)c1. The van der Waals surface area contributed by atoms with Gasteiger partial charge in [-0.1, -0.05) is 34.6 Å². The van der Waals surface area contributed by atoms with E-state index in [9.17, 15) is 18.0 Å². The minimum Gasteiger partial charge on any atom is -0.444 e. The molecule has 1 aromatic heterocycles. The third-order valence-corrected chi connectivity index (χ3v) is 7.95. The fourth-order valence-electron chi connectivity index (χ4n) is 3.58. The molecular weight excluding hydrogens is 560 g/mol. The highest BCUT2D eigenvalue weighted by atomic mass is 79.9. The number of nitrogens with zero attached hydrogens (tertiary/aromatic N) is 2. The molecule has 2 aromatic rings. The van der Waals surface area contributed by atoms with Crippen LogP contribution in [0.3, 0.4) is 0 Å². The average Bonchev–Trinajstić information content (AvgIpc) is 3.10. The van der Waals surface area contributed by atoms with E-state index in [2.05, 4.69) is 31.7 Å².